The number of anilines is 1. The normalized spacial score (nSPS) is 18.4. The van der Waals surface area contributed by atoms with Gasteiger partial charge in [-0.15, -0.1) is 0 Å². The van der Waals surface area contributed by atoms with E-state index >= 15 is 0 Å². The molecular formula is C37H29N7O. The first kappa shape index (κ1) is 25.6. The van der Waals surface area contributed by atoms with Gasteiger partial charge in [-0.05, 0) is 54.1 Å². The number of nitrogens with one attached hydrogen (secondary N) is 3. The van der Waals surface area contributed by atoms with E-state index in [-0.39, 0.29) is 12.1 Å². The van der Waals surface area contributed by atoms with Gasteiger partial charge in [0, 0.05) is 41.4 Å². The van der Waals surface area contributed by atoms with Gasteiger partial charge in [0.05, 0.1) is 22.1 Å². The molecule has 0 amide bonds. The van der Waals surface area contributed by atoms with Gasteiger partial charge in [0.15, 0.2) is 23.6 Å². The van der Waals surface area contributed by atoms with Crippen molar-refractivity contribution in [2.24, 2.45) is 5.92 Å². The zero-order chi connectivity index (χ0) is 29.7. The van der Waals surface area contributed by atoms with Crippen molar-refractivity contribution in [2.75, 3.05) is 11.9 Å². The summed E-state index contributed by atoms with van der Waals surface area (Å²) in [6.07, 6.45) is 19.5. The molecule has 8 heteroatoms. The smallest absolute Gasteiger partial charge is 0.238 e. The predicted octanol–water partition coefficient (Wildman–Crippen LogP) is 7.39. The number of aromatic amines is 1. The number of ether oxygens (including phenoxy) is 1. The molecule has 3 aromatic heterocycles. The van der Waals surface area contributed by atoms with Crippen LogP contribution in [0.4, 0.5) is 5.69 Å². The van der Waals surface area contributed by atoms with Gasteiger partial charge in [-0.3, -0.25) is 4.57 Å². The van der Waals surface area contributed by atoms with Crippen LogP contribution in [0.2, 0.25) is 0 Å². The number of H-pyrrole nitrogens is 1. The van der Waals surface area contributed by atoms with Crippen LogP contribution in [0.1, 0.15) is 12.0 Å². The molecule has 218 valence electrons. The highest BCUT2D eigenvalue weighted by atomic mass is 16.5. The second kappa shape index (κ2) is 10.4. The quantitative estimate of drug-likeness (QED) is 0.195. The summed E-state index contributed by atoms with van der Waals surface area (Å²) in [5.74, 6) is 2.89. The van der Waals surface area contributed by atoms with Crippen molar-refractivity contribution in [2.45, 2.75) is 12.6 Å². The molecule has 0 saturated heterocycles. The molecule has 3 aromatic carbocycles. The summed E-state index contributed by atoms with van der Waals surface area (Å²) in [5.41, 5.74) is 7.15. The van der Waals surface area contributed by atoms with Crippen LogP contribution >= 0.6 is 0 Å². The van der Waals surface area contributed by atoms with E-state index < -0.39 is 0 Å². The topological polar surface area (TPSA) is 92.7 Å². The molecule has 0 spiro atoms. The minimum atomic E-state index is -0.128. The van der Waals surface area contributed by atoms with Crippen LogP contribution in [-0.2, 0) is 0 Å². The Balaban J connectivity index is 1.20. The lowest BCUT2D eigenvalue weighted by atomic mass is 9.99. The number of rotatable bonds is 5. The summed E-state index contributed by atoms with van der Waals surface area (Å²) in [4.78, 5) is 18.2. The fraction of sp³-hybridized carbons (Fsp3) is 0.108. The number of allylic oxidation sites excluding steroid dienone is 5. The molecule has 2 unspecified atom stereocenters. The van der Waals surface area contributed by atoms with E-state index in [1.54, 1.807) is 0 Å². The largest absolute Gasteiger partial charge is 0.467 e. The van der Waals surface area contributed by atoms with Crippen molar-refractivity contribution >= 4 is 33.1 Å². The third-order valence-corrected chi connectivity index (χ3v) is 8.71. The maximum atomic E-state index is 6.67. The molecule has 2 aliphatic heterocycles. The van der Waals surface area contributed by atoms with Crippen LogP contribution < -0.4 is 15.4 Å². The maximum Gasteiger partial charge on any atom is 0.238 e. The number of fused-ring (bicyclic) bond motifs is 5. The van der Waals surface area contributed by atoms with Crippen LogP contribution in [0.3, 0.4) is 0 Å². The van der Waals surface area contributed by atoms with Crippen LogP contribution in [0.5, 0.6) is 5.75 Å². The zero-order valence-electron chi connectivity index (χ0n) is 24.3. The lowest BCUT2D eigenvalue weighted by Gasteiger charge is -2.20. The van der Waals surface area contributed by atoms with Gasteiger partial charge in [0.25, 0.3) is 0 Å². The van der Waals surface area contributed by atoms with E-state index in [0.29, 0.717) is 17.6 Å². The molecule has 6 aromatic rings. The van der Waals surface area contributed by atoms with E-state index in [9.17, 15) is 0 Å². The average molecular weight is 588 g/mol. The van der Waals surface area contributed by atoms with Crippen molar-refractivity contribution in [1.82, 2.24) is 29.8 Å². The van der Waals surface area contributed by atoms with E-state index in [1.807, 2.05) is 24.7 Å². The lowest BCUT2D eigenvalue weighted by Crippen LogP contribution is -2.29. The molecule has 0 bridgehead atoms. The highest BCUT2D eigenvalue weighted by Gasteiger charge is 2.31. The second-order valence-corrected chi connectivity index (χ2v) is 11.4. The highest BCUT2D eigenvalue weighted by molar-refractivity contribution is 6.14. The fourth-order valence-corrected chi connectivity index (χ4v) is 6.47. The molecule has 1 aliphatic carbocycles. The van der Waals surface area contributed by atoms with Gasteiger partial charge in [0.1, 0.15) is 0 Å². The molecule has 0 saturated carbocycles. The van der Waals surface area contributed by atoms with Crippen LogP contribution in [-0.4, -0.2) is 37.3 Å². The molecule has 3 N–H and O–H groups in total. The summed E-state index contributed by atoms with van der Waals surface area (Å²) >= 11 is 0. The standard InChI is InChI=1S/C37H29N7O/c1-2-6-26(7-3-1)36-40-29-14-15-31-32(33(29)45-36)28-8-4-5-9-30(28)44(31)37-42-34(41-35(43-37)27-18-21-39-22-27)25-12-10-23(11-13-25)24-16-19-38-20-17-24/h1-6,8-19,21-22,26,36,38-40H,7,20H2. The molecule has 8 nitrogen and oxygen atoms in total. The predicted molar refractivity (Wildman–Crippen MR) is 179 cm³/mol. The van der Waals surface area contributed by atoms with Crippen molar-refractivity contribution < 1.29 is 4.74 Å². The van der Waals surface area contributed by atoms with E-state index in [2.05, 4.69) is 117 Å². The Hall–Kier alpha value is -5.89. The Labute approximate surface area is 259 Å². The first-order valence-corrected chi connectivity index (χ1v) is 15.2. The van der Waals surface area contributed by atoms with Crippen molar-refractivity contribution in [1.29, 1.82) is 0 Å². The molecule has 0 radical (unpaired) electrons. The van der Waals surface area contributed by atoms with Gasteiger partial charge in [-0.2, -0.15) is 9.97 Å². The van der Waals surface area contributed by atoms with Crippen molar-refractivity contribution in [3.8, 4) is 34.5 Å². The van der Waals surface area contributed by atoms with Crippen molar-refractivity contribution in [3.63, 3.8) is 0 Å². The molecule has 0 fully saturated rings. The molecule has 2 atom stereocenters. The summed E-state index contributed by atoms with van der Waals surface area (Å²) < 4.78 is 8.80. The van der Waals surface area contributed by atoms with Gasteiger partial charge in [-0.25, -0.2) is 4.98 Å². The van der Waals surface area contributed by atoms with Gasteiger partial charge < -0.3 is 20.4 Å². The number of para-hydroxylation sites is 1. The highest BCUT2D eigenvalue weighted by Crippen LogP contribution is 2.46. The molecular weight excluding hydrogens is 558 g/mol. The number of hydrogen-bond acceptors (Lipinski definition) is 6. The number of benzene rings is 3. The molecule has 45 heavy (non-hydrogen) atoms. The minimum absolute atomic E-state index is 0.128. The Kier molecular flexibility index (Phi) is 5.90. The average Bonchev–Trinajstić information content (AvgIpc) is 3.87. The molecule has 3 aliphatic rings. The van der Waals surface area contributed by atoms with Crippen LogP contribution in [0.15, 0.2) is 122 Å². The number of dihydropyridines is 1. The van der Waals surface area contributed by atoms with E-state index in [0.717, 1.165) is 62.9 Å². The zero-order valence-corrected chi connectivity index (χ0v) is 24.3. The van der Waals surface area contributed by atoms with Crippen molar-refractivity contribution in [3.05, 3.63) is 127 Å². The monoisotopic (exact) mass is 587 g/mol. The molecule has 9 rings (SSSR count). The molecule has 5 heterocycles. The first-order valence-electron chi connectivity index (χ1n) is 15.2. The van der Waals surface area contributed by atoms with Crippen LogP contribution in [0.25, 0.3) is 56.1 Å². The Morgan fingerprint density at radius 3 is 2.49 bits per heavy atom. The Morgan fingerprint density at radius 2 is 1.69 bits per heavy atom. The van der Waals surface area contributed by atoms with Gasteiger partial charge in [0.2, 0.25) is 5.95 Å². The summed E-state index contributed by atoms with van der Waals surface area (Å²) in [5, 5.41) is 8.97. The number of aromatic nitrogens is 5. The third kappa shape index (κ3) is 4.33. The number of hydrogen-bond donors (Lipinski definition) is 3. The minimum Gasteiger partial charge on any atom is -0.467 e. The Morgan fingerprint density at radius 1 is 0.822 bits per heavy atom. The Bertz CT molecular complexity index is 2200. The van der Waals surface area contributed by atoms with E-state index in [4.69, 9.17) is 19.7 Å². The number of nitrogens with zero attached hydrogens (tertiary/aromatic N) is 4. The first-order chi connectivity index (χ1) is 22.3. The third-order valence-electron chi connectivity index (χ3n) is 8.71. The lowest BCUT2D eigenvalue weighted by molar-refractivity contribution is 0.206. The SMILES string of the molecule is C1=CCC(C2Nc3ccc4c(c3O2)c2ccccc2n4-c2nc(-c3ccc(C4=CCNC=C4)cc3)nc(-c3cc[nH]c3)n2)C=C1. The summed E-state index contributed by atoms with van der Waals surface area (Å²) in [7, 11) is 0. The van der Waals surface area contributed by atoms with Gasteiger partial charge >= 0.3 is 0 Å². The van der Waals surface area contributed by atoms with E-state index in [1.165, 1.54) is 5.57 Å². The fourth-order valence-electron chi connectivity index (χ4n) is 6.47. The van der Waals surface area contributed by atoms with Gasteiger partial charge in [-0.1, -0.05) is 72.8 Å². The second-order valence-electron chi connectivity index (χ2n) is 11.4. The van der Waals surface area contributed by atoms with Crippen LogP contribution in [0, 0.1) is 5.92 Å². The maximum absolute atomic E-state index is 6.67. The summed E-state index contributed by atoms with van der Waals surface area (Å²) in [6, 6.07) is 23.0. The summed E-state index contributed by atoms with van der Waals surface area (Å²) in [6.45, 7) is 0.823.